The molecule has 2 aromatic heterocycles. The van der Waals surface area contributed by atoms with E-state index in [1.807, 2.05) is 23.5 Å². The molecule has 0 radical (unpaired) electrons. The molecular formula is C23H42N10S2. The Morgan fingerprint density at radius 3 is 1.63 bits per heavy atom. The number of nitrogens with zero attached hydrogens (tertiary/aromatic N) is 4. The first-order valence-electron chi connectivity index (χ1n) is 12.3. The average molecular weight is 523 g/mol. The highest BCUT2D eigenvalue weighted by atomic mass is 32.2. The van der Waals surface area contributed by atoms with E-state index in [4.69, 9.17) is 11.5 Å². The number of thioether (sulfide) groups is 2. The molecule has 2 aromatic rings. The van der Waals surface area contributed by atoms with Gasteiger partial charge in [-0.2, -0.15) is 23.5 Å². The Morgan fingerprint density at radius 1 is 0.771 bits per heavy atom. The summed E-state index contributed by atoms with van der Waals surface area (Å²) in [5.41, 5.74) is 16.5. The van der Waals surface area contributed by atoms with Crippen molar-refractivity contribution in [1.29, 1.82) is 0 Å². The van der Waals surface area contributed by atoms with Gasteiger partial charge in [0.05, 0.1) is 37.1 Å². The predicted octanol–water partition coefficient (Wildman–Crippen LogP) is 1.98. The first-order valence-corrected chi connectivity index (χ1v) is 14.6. The van der Waals surface area contributed by atoms with Crippen LogP contribution in [0.1, 0.15) is 42.0 Å². The van der Waals surface area contributed by atoms with E-state index in [9.17, 15) is 0 Å². The van der Waals surface area contributed by atoms with E-state index in [-0.39, 0.29) is 0 Å². The van der Waals surface area contributed by atoms with Crippen molar-refractivity contribution in [2.24, 2.45) is 21.5 Å². The van der Waals surface area contributed by atoms with Gasteiger partial charge in [0.2, 0.25) is 0 Å². The van der Waals surface area contributed by atoms with Gasteiger partial charge in [0.25, 0.3) is 0 Å². The largest absolute Gasteiger partial charge is 0.370 e. The Kier molecular flexibility index (Phi) is 14.9. The topological polar surface area (TPSA) is 158 Å². The van der Waals surface area contributed by atoms with Crippen molar-refractivity contribution in [2.75, 3.05) is 49.2 Å². The van der Waals surface area contributed by atoms with Crippen LogP contribution in [-0.4, -0.2) is 81.0 Å². The summed E-state index contributed by atoms with van der Waals surface area (Å²) in [7, 11) is 0. The molecular weight excluding hydrogens is 480 g/mol. The molecule has 0 saturated heterocycles. The third-order valence-corrected chi connectivity index (χ3v) is 7.26. The molecule has 8 N–H and O–H groups in total. The van der Waals surface area contributed by atoms with Gasteiger partial charge in [-0.05, 0) is 44.6 Å². The van der Waals surface area contributed by atoms with Crippen LogP contribution in [0.25, 0.3) is 0 Å². The molecule has 0 aliphatic carbocycles. The van der Waals surface area contributed by atoms with Gasteiger partial charge in [-0.1, -0.05) is 0 Å². The number of aromatic amines is 2. The summed E-state index contributed by atoms with van der Waals surface area (Å²) in [6.07, 6.45) is 8.64. The molecule has 0 aliphatic rings. The van der Waals surface area contributed by atoms with E-state index in [2.05, 4.69) is 54.4 Å². The number of unbranched alkanes of at least 4 members (excludes halogenated alkanes) is 2. The number of nitrogens with one attached hydrogen (secondary N) is 4. The third-order valence-electron chi connectivity index (χ3n) is 5.34. The molecule has 196 valence electrons. The zero-order valence-corrected chi connectivity index (χ0v) is 22.7. The molecule has 0 spiro atoms. The van der Waals surface area contributed by atoms with Gasteiger partial charge in [0.15, 0.2) is 11.9 Å². The molecule has 0 fully saturated rings. The third kappa shape index (κ3) is 13.4. The van der Waals surface area contributed by atoms with Crippen LogP contribution in [-0.2, 0) is 12.8 Å². The molecule has 0 unspecified atom stereocenters. The van der Waals surface area contributed by atoms with Crippen LogP contribution in [0.5, 0.6) is 0 Å². The Bertz CT molecular complexity index is 807. The van der Waals surface area contributed by atoms with Gasteiger partial charge >= 0.3 is 0 Å². The highest BCUT2D eigenvalue weighted by Crippen LogP contribution is 2.08. The Balaban J connectivity index is 1.36. The van der Waals surface area contributed by atoms with E-state index in [0.717, 1.165) is 104 Å². The second-order valence-electron chi connectivity index (χ2n) is 8.12. The molecule has 10 nitrogen and oxygen atoms in total. The molecule has 0 atom stereocenters. The summed E-state index contributed by atoms with van der Waals surface area (Å²) in [5.74, 6) is 5.07. The Morgan fingerprint density at radius 2 is 1.23 bits per heavy atom. The highest BCUT2D eigenvalue weighted by Gasteiger charge is 2.01. The minimum atomic E-state index is 0.528. The van der Waals surface area contributed by atoms with E-state index >= 15 is 0 Å². The number of imidazole rings is 2. The first kappa shape index (κ1) is 28.9. The van der Waals surface area contributed by atoms with Crippen LogP contribution in [0.2, 0.25) is 0 Å². The lowest BCUT2D eigenvalue weighted by molar-refractivity contribution is 0.649. The molecule has 0 aliphatic heterocycles. The summed E-state index contributed by atoms with van der Waals surface area (Å²) in [6, 6.07) is 0. The van der Waals surface area contributed by atoms with Crippen molar-refractivity contribution in [3.05, 3.63) is 35.4 Å². The average Bonchev–Trinajstić information content (AvgIpc) is 3.45. The van der Waals surface area contributed by atoms with E-state index in [1.165, 1.54) is 0 Å². The van der Waals surface area contributed by atoms with Crippen molar-refractivity contribution in [1.82, 2.24) is 30.6 Å². The minimum Gasteiger partial charge on any atom is -0.370 e. The van der Waals surface area contributed by atoms with E-state index < -0.39 is 0 Å². The fourth-order valence-electron chi connectivity index (χ4n) is 3.25. The standard InChI is InChI=1S/C23H42N10S2/c1-18-20(32-16-30-18)6-12-34-14-10-28-22(24)26-8-4-3-5-9-27-23(25)29-11-15-35-13-7-21-19(2)31-17-33-21/h16-17H,3-15H2,1-2H3,(H,30,32)(H,31,33)(H3,24,26,28)(H3,25,27,29). The van der Waals surface area contributed by atoms with Gasteiger partial charge in [-0.15, -0.1) is 0 Å². The number of aromatic nitrogens is 4. The first-order chi connectivity index (χ1) is 17.1. The molecule has 12 heteroatoms. The van der Waals surface area contributed by atoms with E-state index in [0.29, 0.717) is 11.9 Å². The number of guanidine groups is 2. The summed E-state index contributed by atoms with van der Waals surface area (Å²) in [6.45, 7) is 7.23. The predicted molar refractivity (Wildman–Crippen MR) is 152 cm³/mol. The van der Waals surface area contributed by atoms with Gasteiger partial charge < -0.3 is 32.1 Å². The van der Waals surface area contributed by atoms with Crippen molar-refractivity contribution in [3.63, 3.8) is 0 Å². The molecule has 2 heterocycles. The molecule has 35 heavy (non-hydrogen) atoms. The second kappa shape index (κ2) is 18.0. The lowest BCUT2D eigenvalue weighted by Gasteiger charge is -2.07. The van der Waals surface area contributed by atoms with Crippen LogP contribution >= 0.6 is 23.5 Å². The lowest BCUT2D eigenvalue weighted by Crippen LogP contribution is -2.33. The van der Waals surface area contributed by atoms with Gasteiger partial charge in [0.1, 0.15) is 0 Å². The summed E-state index contributed by atoms with van der Waals surface area (Å²) >= 11 is 3.75. The van der Waals surface area contributed by atoms with Crippen molar-refractivity contribution in [2.45, 2.75) is 46.0 Å². The molecule has 0 saturated carbocycles. The number of rotatable bonds is 18. The second-order valence-corrected chi connectivity index (χ2v) is 10.6. The maximum atomic E-state index is 5.94. The van der Waals surface area contributed by atoms with Crippen LogP contribution in [0.3, 0.4) is 0 Å². The quantitative estimate of drug-likeness (QED) is 0.0985. The number of aliphatic imine (C=N–C) groups is 2. The van der Waals surface area contributed by atoms with Crippen LogP contribution < -0.4 is 22.1 Å². The van der Waals surface area contributed by atoms with Crippen molar-refractivity contribution < 1.29 is 0 Å². The molecule has 0 aromatic carbocycles. The lowest BCUT2D eigenvalue weighted by atomic mass is 10.2. The highest BCUT2D eigenvalue weighted by molar-refractivity contribution is 7.99. The van der Waals surface area contributed by atoms with Crippen LogP contribution in [0.4, 0.5) is 0 Å². The molecule has 0 bridgehead atoms. The summed E-state index contributed by atoms with van der Waals surface area (Å²) in [5, 5.41) is 6.37. The fraction of sp³-hybridized carbons (Fsp3) is 0.652. The Labute approximate surface area is 217 Å². The van der Waals surface area contributed by atoms with Crippen LogP contribution in [0.15, 0.2) is 22.6 Å². The number of hydrogen-bond acceptors (Lipinski definition) is 6. The summed E-state index contributed by atoms with van der Waals surface area (Å²) < 4.78 is 0. The molecule has 0 amide bonds. The minimum absolute atomic E-state index is 0.528. The number of nitrogens with two attached hydrogens (primary N) is 2. The van der Waals surface area contributed by atoms with Crippen molar-refractivity contribution in [3.8, 4) is 0 Å². The smallest absolute Gasteiger partial charge is 0.188 e. The maximum Gasteiger partial charge on any atom is 0.188 e. The van der Waals surface area contributed by atoms with E-state index in [1.54, 1.807) is 12.7 Å². The van der Waals surface area contributed by atoms with Crippen molar-refractivity contribution >= 4 is 35.4 Å². The number of H-pyrrole nitrogens is 2. The summed E-state index contributed by atoms with van der Waals surface area (Å²) in [4.78, 5) is 23.6. The van der Waals surface area contributed by atoms with Gasteiger partial charge in [-0.25, -0.2) is 9.97 Å². The monoisotopic (exact) mass is 522 g/mol. The van der Waals surface area contributed by atoms with Gasteiger partial charge in [-0.3, -0.25) is 9.98 Å². The van der Waals surface area contributed by atoms with Crippen LogP contribution in [0, 0.1) is 13.8 Å². The maximum absolute atomic E-state index is 5.94. The number of aryl methyl sites for hydroxylation is 4. The fourth-order valence-corrected chi connectivity index (χ4v) is 4.78. The normalized spacial score (nSPS) is 12.3. The SMILES string of the molecule is Cc1[nH]cnc1CCSCCN=C(N)NCCCCCNC(N)=NCCSCCc1nc[nH]c1C. The molecule has 2 rings (SSSR count). The number of hydrogen-bond donors (Lipinski definition) is 6. The Hall–Kier alpha value is -2.34. The zero-order valence-electron chi connectivity index (χ0n) is 21.1. The zero-order chi connectivity index (χ0) is 25.1. The van der Waals surface area contributed by atoms with Gasteiger partial charge in [0, 0.05) is 48.8 Å².